The molecule has 0 saturated heterocycles. The van der Waals surface area contributed by atoms with E-state index in [0.717, 1.165) is 17.3 Å². The Kier molecular flexibility index (Phi) is 4.92. The summed E-state index contributed by atoms with van der Waals surface area (Å²) in [6.07, 6.45) is 3.26. The number of fused-ring (bicyclic) bond motifs is 1. The topological polar surface area (TPSA) is 95.1 Å². The van der Waals surface area contributed by atoms with E-state index in [0.29, 0.717) is 18.5 Å². The van der Waals surface area contributed by atoms with Crippen molar-refractivity contribution in [3.05, 3.63) is 30.0 Å². The van der Waals surface area contributed by atoms with E-state index in [-0.39, 0.29) is 18.2 Å². The van der Waals surface area contributed by atoms with Gasteiger partial charge < -0.3 is 10.4 Å². The van der Waals surface area contributed by atoms with Crippen LogP contribution in [0.2, 0.25) is 0 Å². The molecule has 3 N–H and O–H groups in total. The number of carboxylic acid groups (broad SMARTS) is 1. The quantitative estimate of drug-likeness (QED) is 0.728. The maximum Gasteiger partial charge on any atom is 0.303 e. The number of hydrogen-bond donors (Lipinski definition) is 3. The third-order valence-corrected chi connectivity index (χ3v) is 3.48. The molecule has 1 unspecified atom stereocenters. The molecule has 112 valence electrons. The molecule has 2 rings (SSSR count). The number of aliphatic carboxylic acids is 1. The summed E-state index contributed by atoms with van der Waals surface area (Å²) >= 11 is 0. The number of nitrogens with zero attached hydrogens (tertiary/aromatic N) is 1. The highest BCUT2D eigenvalue weighted by molar-refractivity contribution is 5.97. The first-order valence-electron chi connectivity index (χ1n) is 6.99. The van der Waals surface area contributed by atoms with E-state index in [4.69, 9.17) is 5.11 Å². The van der Waals surface area contributed by atoms with Crippen LogP contribution in [0.1, 0.15) is 36.5 Å². The SMILES string of the molecule is CC(CCNC(=O)c1ccc2[nH]ncc2c1)CCC(=O)O. The number of benzene rings is 1. The Morgan fingerprint density at radius 3 is 2.95 bits per heavy atom. The molecule has 1 amide bonds. The number of carbonyl (C=O) groups excluding carboxylic acids is 1. The van der Waals surface area contributed by atoms with Crippen molar-refractivity contribution in [3.63, 3.8) is 0 Å². The number of aromatic amines is 1. The summed E-state index contributed by atoms with van der Waals surface area (Å²) in [4.78, 5) is 22.5. The summed E-state index contributed by atoms with van der Waals surface area (Å²) in [5.41, 5.74) is 1.50. The van der Waals surface area contributed by atoms with Crippen LogP contribution in [-0.2, 0) is 4.79 Å². The number of carboxylic acids is 1. The average Bonchev–Trinajstić information content (AvgIpc) is 2.92. The third kappa shape index (κ3) is 4.30. The molecule has 0 fully saturated rings. The molecule has 21 heavy (non-hydrogen) atoms. The lowest BCUT2D eigenvalue weighted by molar-refractivity contribution is -0.137. The van der Waals surface area contributed by atoms with Crippen molar-refractivity contribution in [3.8, 4) is 0 Å². The molecule has 0 saturated carbocycles. The van der Waals surface area contributed by atoms with E-state index in [1.54, 1.807) is 18.3 Å². The lowest BCUT2D eigenvalue weighted by Crippen LogP contribution is -2.25. The highest BCUT2D eigenvalue weighted by Gasteiger charge is 2.09. The molecule has 6 nitrogen and oxygen atoms in total. The van der Waals surface area contributed by atoms with Gasteiger partial charge in [-0.1, -0.05) is 6.92 Å². The summed E-state index contributed by atoms with van der Waals surface area (Å²) < 4.78 is 0. The zero-order valence-electron chi connectivity index (χ0n) is 11.9. The van der Waals surface area contributed by atoms with Crippen LogP contribution in [0.5, 0.6) is 0 Å². The van der Waals surface area contributed by atoms with Crippen molar-refractivity contribution in [2.75, 3.05) is 6.54 Å². The summed E-state index contributed by atoms with van der Waals surface area (Å²) in [6.45, 7) is 2.54. The second-order valence-corrected chi connectivity index (χ2v) is 5.25. The van der Waals surface area contributed by atoms with Gasteiger partial charge in [0.2, 0.25) is 0 Å². The van der Waals surface area contributed by atoms with Gasteiger partial charge in [-0.2, -0.15) is 5.10 Å². The third-order valence-electron chi connectivity index (χ3n) is 3.48. The number of aromatic nitrogens is 2. The normalized spacial score (nSPS) is 12.2. The minimum atomic E-state index is -0.778. The van der Waals surface area contributed by atoms with Crippen LogP contribution in [-0.4, -0.2) is 33.7 Å². The van der Waals surface area contributed by atoms with E-state index in [1.165, 1.54) is 0 Å². The number of hydrogen-bond acceptors (Lipinski definition) is 3. The molecule has 0 aliphatic rings. The second kappa shape index (κ2) is 6.88. The van der Waals surface area contributed by atoms with Crippen molar-refractivity contribution in [2.45, 2.75) is 26.2 Å². The Hall–Kier alpha value is -2.37. The number of rotatable bonds is 7. The fourth-order valence-electron chi connectivity index (χ4n) is 2.13. The van der Waals surface area contributed by atoms with E-state index in [2.05, 4.69) is 15.5 Å². The molecule has 1 aromatic heterocycles. The first-order chi connectivity index (χ1) is 10.1. The van der Waals surface area contributed by atoms with Crippen LogP contribution < -0.4 is 5.32 Å². The van der Waals surface area contributed by atoms with E-state index in [9.17, 15) is 9.59 Å². The molecule has 0 radical (unpaired) electrons. The first kappa shape index (κ1) is 15.0. The van der Waals surface area contributed by atoms with E-state index in [1.807, 2.05) is 13.0 Å². The molecule has 6 heteroatoms. The predicted octanol–water partition coefficient (Wildman–Crippen LogP) is 2.18. The molecule has 0 bridgehead atoms. The van der Waals surface area contributed by atoms with Crippen LogP contribution in [0.4, 0.5) is 0 Å². The molecule has 0 spiro atoms. The van der Waals surface area contributed by atoms with Crippen LogP contribution in [0.25, 0.3) is 10.9 Å². The summed E-state index contributed by atoms with van der Waals surface area (Å²) in [5.74, 6) is -0.624. The molecular formula is C15H19N3O3. The van der Waals surface area contributed by atoms with Crippen molar-refractivity contribution < 1.29 is 14.7 Å². The van der Waals surface area contributed by atoms with Gasteiger partial charge in [-0.15, -0.1) is 0 Å². The summed E-state index contributed by atoms with van der Waals surface area (Å²) in [7, 11) is 0. The van der Waals surface area contributed by atoms with Crippen molar-refractivity contribution in [1.82, 2.24) is 15.5 Å². The number of nitrogens with one attached hydrogen (secondary N) is 2. The second-order valence-electron chi connectivity index (χ2n) is 5.25. The number of carbonyl (C=O) groups is 2. The maximum atomic E-state index is 12.0. The fraction of sp³-hybridized carbons (Fsp3) is 0.400. The highest BCUT2D eigenvalue weighted by Crippen LogP contribution is 2.13. The Bertz CT molecular complexity index is 636. The molecular weight excluding hydrogens is 270 g/mol. The Morgan fingerprint density at radius 2 is 2.19 bits per heavy atom. The maximum absolute atomic E-state index is 12.0. The van der Waals surface area contributed by atoms with Gasteiger partial charge in [-0.05, 0) is 37.0 Å². The van der Waals surface area contributed by atoms with Gasteiger partial charge in [0.15, 0.2) is 0 Å². The largest absolute Gasteiger partial charge is 0.481 e. The zero-order valence-corrected chi connectivity index (χ0v) is 11.9. The smallest absolute Gasteiger partial charge is 0.303 e. The molecule has 0 aliphatic heterocycles. The van der Waals surface area contributed by atoms with Crippen LogP contribution in [0.3, 0.4) is 0 Å². The van der Waals surface area contributed by atoms with Gasteiger partial charge >= 0.3 is 5.97 Å². The monoisotopic (exact) mass is 289 g/mol. The first-order valence-corrected chi connectivity index (χ1v) is 6.99. The van der Waals surface area contributed by atoms with Crippen LogP contribution >= 0.6 is 0 Å². The van der Waals surface area contributed by atoms with E-state index < -0.39 is 5.97 Å². The standard InChI is InChI=1S/C15H19N3O3/c1-10(2-5-14(19)20)6-7-16-15(21)11-3-4-13-12(8-11)9-17-18-13/h3-4,8-10H,2,5-7H2,1H3,(H,16,21)(H,17,18)(H,19,20). The lowest BCUT2D eigenvalue weighted by Gasteiger charge is -2.10. The zero-order chi connectivity index (χ0) is 15.2. The molecule has 1 aromatic carbocycles. The number of H-pyrrole nitrogens is 1. The van der Waals surface area contributed by atoms with Gasteiger partial charge in [0.05, 0.1) is 11.7 Å². The van der Waals surface area contributed by atoms with Crippen LogP contribution in [0.15, 0.2) is 24.4 Å². The minimum absolute atomic E-state index is 0.122. The molecule has 1 heterocycles. The van der Waals surface area contributed by atoms with Crippen LogP contribution in [0, 0.1) is 5.92 Å². The molecule has 0 aliphatic carbocycles. The van der Waals surface area contributed by atoms with Gasteiger partial charge in [-0.3, -0.25) is 14.7 Å². The van der Waals surface area contributed by atoms with Crippen molar-refractivity contribution in [1.29, 1.82) is 0 Å². The Balaban J connectivity index is 1.80. The lowest BCUT2D eigenvalue weighted by atomic mass is 10.0. The molecule has 2 aromatic rings. The van der Waals surface area contributed by atoms with Crippen molar-refractivity contribution >= 4 is 22.8 Å². The Labute approximate surface area is 122 Å². The van der Waals surface area contributed by atoms with E-state index >= 15 is 0 Å². The van der Waals surface area contributed by atoms with Gasteiger partial charge in [0.1, 0.15) is 0 Å². The van der Waals surface area contributed by atoms with Gasteiger partial charge in [0.25, 0.3) is 5.91 Å². The highest BCUT2D eigenvalue weighted by atomic mass is 16.4. The average molecular weight is 289 g/mol. The van der Waals surface area contributed by atoms with Gasteiger partial charge in [0, 0.05) is 23.9 Å². The predicted molar refractivity (Wildman–Crippen MR) is 79.1 cm³/mol. The van der Waals surface area contributed by atoms with Gasteiger partial charge in [-0.25, -0.2) is 0 Å². The fourth-order valence-corrected chi connectivity index (χ4v) is 2.13. The van der Waals surface area contributed by atoms with Crippen molar-refractivity contribution in [2.24, 2.45) is 5.92 Å². The molecule has 1 atom stereocenters. The summed E-state index contributed by atoms with van der Waals surface area (Å²) in [5, 5.41) is 19.1. The summed E-state index contributed by atoms with van der Waals surface area (Å²) in [6, 6.07) is 5.37. The number of amides is 1. The Morgan fingerprint density at radius 1 is 1.38 bits per heavy atom. The minimum Gasteiger partial charge on any atom is -0.481 e.